The van der Waals surface area contributed by atoms with Crippen molar-refractivity contribution < 1.29 is 9.47 Å². The molecule has 1 aromatic rings. The van der Waals surface area contributed by atoms with Gasteiger partial charge in [0.1, 0.15) is 11.4 Å². The molecule has 4 heteroatoms. The molecule has 1 aromatic carbocycles. The van der Waals surface area contributed by atoms with Crippen molar-refractivity contribution in [2.45, 2.75) is 24.5 Å². The molecule has 2 aliphatic rings. The van der Waals surface area contributed by atoms with E-state index in [9.17, 15) is 0 Å². The highest BCUT2D eigenvalue weighted by molar-refractivity contribution is 9.10. The Labute approximate surface area is 110 Å². The average molecular weight is 298 g/mol. The zero-order chi connectivity index (χ0) is 11.9. The van der Waals surface area contributed by atoms with E-state index < -0.39 is 0 Å². The first-order valence-corrected chi connectivity index (χ1v) is 6.75. The van der Waals surface area contributed by atoms with Gasteiger partial charge in [0.05, 0.1) is 13.2 Å². The van der Waals surface area contributed by atoms with Crippen LogP contribution in [0, 0.1) is 0 Å². The third-order valence-electron chi connectivity index (χ3n) is 3.67. The van der Waals surface area contributed by atoms with Gasteiger partial charge in [-0.3, -0.25) is 0 Å². The van der Waals surface area contributed by atoms with Gasteiger partial charge in [-0.25, -0.2) is 0 Å². The summed E-state index contributed by atoms with van der Waals surface area (Å²) in [6.45, 7) is 1.52. The first-order chi connectivity index (χ1) is 8.22. The zero-order valence-electron chi connectivity index (χ0n) is 9.83. The van der Waals surface area contributed by atoms with Crippen LogP contribution in [0.2, 0.25) is 0 Å². The van der Waals surface area contributed by atoms with Crippen LogP contribution in [0.1, 0.15) is 24.4 Å². The van der Waals surface area contributed by atoms with E-state index in [1.165, 1.54) is 5.56 Å². The zero-order valence-corrected chi connectivity index (χ0v) is 11.4. The lowest BCUT2D eigenvalue weighted by molar-refractivity contribution is 0.0198. The quantitative estimate of drug-likeness (QED) is 0.864. The molecule has 1 fully saturated rings. The number of halogens is 1. The van der Waals surface area contributed by atoms with Crippen LogP contribution < -0.4 is 10.1 Å². The largest absolute Gasteiger partial charge is 0.484 e. The Morgan fingerprint density at radius 1 is 1.47 bits per heavy atom. The molecule has 0 aliphatic carbocycles. The third-order valence-corrected chi connectivity index (χ3v) is 4.16. The topological polar surface area (TPSA) is 30.5 Å². The minimum Gasteiger partial charge on any atom is -0.484 e. The molecule has 2 heterocycles. The first kappa shape index (κ1) is 11.5. The van der Waals surface area contributed by atoms with E-state index in [1.807, 2.05) is 19.2 Å². The van der Waals surface area contributed by atoms with Crippen LogP contribution in [-0.4, -0.2) is 25.9 Å². The molecule has 1 spiro atoms. The number of fused-ring (bicyclic) bond motifs is 1. The van der Waals surface area contributed by atoms with Crippen LogP contribution in [0.25, 0.3) is 0 Å². The Hall–Kier alpha value is -0.580. The number of nitrogens with one attached hydrogen (secondary N) is 1. The van der Waals surface area contributed by atoms with E-state index in [2.05, 4.69) is 27.3 Å². The summed E-state index contributed by atoms with van der Waals surface area (Å²) < 4.78 is 12.8. The van der Waals surface area contributed by atoms with Crippen LogP contribution >= 0.6 is 15.9 Å². The van der Waals surface area contributed by atoms with Crippen molar-refractivity contribution in [1.29, 1.82) is 0 Å². The fraction of sp³-hybridized carbons (Fsp3) is 0.538. The van der Waals surface area contributed by atoms with Crippen LogP contribution in [0.4, 0.5) is 0 Å². The molecule has 0 bridgehead atoms. The summed E-state index contributed by atoms with van der Waals surface area (Å²) in [7, 11) is 2.00. The number of benzene rings is 1. The maximum Gasteiger partial charge on any atom is 0.136 e. The Morgan fingerprint density at radius 3 is 3.06 bits per heavy atom. The molecular weight excluding hydrogens is 282 g/mol. The van der Waals surface area contributed by atoms with Crippen LogP contribution in [0.3, 0.4) is 0 Å². The van der Waals surface area contributed by atoms with E-state index >= 15 is 0 Å². The van der Waals surface area contributed by atoms with E-state index in [-0.39, 0.29) is 5.60 Å². The van der Waals surface area contributed by atoms with Gasteiger partial charge in [-0.15, -0.1) is 0 Å². The van der Waals surface area contributed by atoms with Crippen LogP contribution in [0.15, 0.2) is 22.7 Å². The van der Waals surface area contributed by atoms with Crippen molar-refractivity contribution in [2.24, 2.45) is 0 Å². The van der Waals surface area contributed by atoms with Crippen LogP contribution in [-0.2, 0) is 4.74 Å². The van der Waals surface area contributed by atoms with Crippen molar-refractivity contribution in [2.75, 3.05) is 20.3 Å². The number of hydrogen-bond acceptors (Lipinski definition) is 3. The molecule has 1 saturated heterocycles. The summed E-state index contributed by atoms with van der Waals surface area (Å²) in [6.07, 6.45) is 1.97. The van der Waals surface area contributed by atoms with Crippen molar-refractivity contribution in [3.05, 3.63) is 28.2 Å². The summed E-state index contributed by atoms with van der Waals surface area (Å²) in [6, 6.07) is 6.56. The molecule has 2 atom stereocenters. The van der Waals surface area contributed by atoms with E-state index in [4.69, 9.17) is 9.47 Å². The summed E-state index contributed by atoms with van der Waals surface area (Å²) >= 11 is 3.51. The SMILES string of the molecule is CNC1CC2(CCOC2)Oc2ccc(Br)cc21. The molecule has 0 aromatic heterocycles. The van der Waals surface area contributed by atoms with E-state index in [0.717, 1.165) is 29.7 Å². The van der Waals surface area contributed by atoms with E-state index in [1.54, 1.807) is 0 Å². The molecular formula is C13H16BrNO2. The van der Waals surface area contributed by atoms with Gasteiger partial charge in [-0.05, 0) is 25.2 Å². The Balaban J connectivity index is 2.00. The minimum absolute atomic E-state index is 0.117. The highest BCUT2D eigenvalue weighted by atomic mass is 79.9. The Kier molecular flexibility index (Phi) is 2.89. The summed E-state index contributed by atoms with van der Waals surface area (Å²) in [5, 5.41) is 3.38. The molecule has 0 amide bonds. The fourth-order valence-corrected chi connectivity index (χ4v) is 3.11. The number of ether oxygens (including phenoxy) is 2. The van der Waals surface area contributed by atoms with Gasteiger partial charge < -0.3 is 14.8 Å². The second-order valence-corrected chi connectivity index (χ2v) is 5.73. The average Bonchev–Trinajstić information content (AvgIpc) is 2.77. The van der Waals surface area contributed by atoms with Gasteiger partial charge in [0.15, 0.2) is 0 Å². The first-order valence-electron chi connectivity index (χ1n) is 5.96. The van der Waals surface area contributed by atoms with Gasteiger partial charge in [-0.2, -0.15) is 0 Å². The fourth-order valence-electron chi connectivity index (χ4n) is 2.73. The van der Waals surface area contributed by atoms with Crippen molar-refractivity contribution in [3.8, 4) is 5.75 Å². The monoisotopic (exact) mass is 297 g/mol. The second kappa shape index (κ2) is 4.26. The molecule has 3 nitrogen and oxygen atoms in total. The Bertz CT molecular complexity index is 429. The molecule has 0 radical (unpaired) electrons. The molecule has 1 N–H and O–H groups in total. The summed E-state index contributed by atoms with van der Waals surface area (Å²) in [5.41, 5.74) is 1.12. The molecule has 2 aliphatic heterocycles. The number of hydrogen-bond donors (Lipinski definition) is 1. The lowest BCUT2D eigenvalue weighted by Gasteiger charge is -2.39. The summed E-state index contributed by atoms with van der Waals surface area (Å²) in [4.78, 5) is 0. The van der Waals surface area contributed by atoms with Gasteiger partial charge >= 0.3 is 0 Å². The third kappa shape index (κ3) is 1.98. The Morgan fingerprint density at radius 2 is 2.35 bits per heavy atom. The van der Waals surface area contributed by atoms with Gasteiger partial charge in [0, 0.05) is 28.9 Å². The van der Waals surface area contributed by atoms with Crippen molar-refractivity contribution in [3.63, 3.8) is 0 Å². The summed E-state index contributed by atoms with van der Waals surface area (Å²) in [5.74, 6) is 0.990. The number of rotatable bonds is 1. The predicted octanol–water partition coefficient (Wildman–Crippen LogP) is 2.65. The van der Waals surface area contributed by atoms with Gasteiger partial charge in [0.2, 0.25) is 0 Å². The van der Waals surface area contributed by atoms with Crippen molar-refractivity contribution in [1.82, 2.24) is 5.32 Å². The molecule has 92 valence electrons. The van der Waals surface area contributed by atoms with Gasteiger partial charge in [-0.1, -0.05) is 15.9 Å². The highest BCUT2D eigenvalue weighted by Crippen LogP contribution is 2.43. The highest BCUT2D eigenvalue weighted by Gasteiger charge is 2.43. The van der Waals surface area contributed by atoms with Gasteiger partial charge in [0.25, 0.3) is 0 Å². The second-order valence-electron chi connectivity index (χ2n) is 4.82. The smallest absolute Gasteiger partial charge is 0.136 e. The maximum absolute atomic E-state index is 6.18. The molecule has 17 heavy (non-hydrogen) atoms. The van der Waals surface area contributed by atoms with Crippen molar-refractivity contribution >= 4 is 15.9 Å². The predicted molar refractivity (Wildman–Crippen MR) is 69.4 cm³/mol. The standard InChI is InChI=1S/C13H16BrNO2/c1-15-11-7-13(4-5-16-8-13)17-12-3-2-9(14)6-10(11)12/h2-3,6,11,15H,4-5,7-8H2,1H3. The molecule has 2 unspecified atom stereocenters. The lowest BCUT2D eigenvalue weighted by atomic mass is 9.87. The maximum atomic E-state index is 6.18. The molecule has 3 rings (SSSR count). The normalized spacial score (nSPS) is 31.3. The minimum atomic E-state index is -0.117. The lowest BCUT2D eigenvalue weighted by Crippen LogP contribution is -2.44. The van der Waals surface area contributed by atoms with E-state index in [0.29, 0.717) is 12.6 Å². The molecule has 0 saturated carbocycles. The van der Waals surface area contributed by atoms with Crippen LogP contribution in [0.5, 0.6) is 5.75 Å².